The molecule has 0 unspecified atom stereocenters. The van der Waals surface area contributed by atoms with E-state index >= 15 is 0 Å². The number of aromatic nitrogens is 1. The van der Waals surface area contributed by atoms with Crippen LogP contribution in [0, 0.1) is 6.92 Å². The van der Waals surface area contributed by atoms with Crippen LogP contribution in [0.5, 0.6) is 0 Å². The Hall–Kier alpha value is -3.26. The first-order valence-electron chi connectivity index (χ1n) is 7.28. The highest BCUT2D eigenvalue weighted by molar-refractivity contribution is 7.13. The van der Waals surface area contributed by atoms with Crippen LogP contribution in [0.25, 0.3) is 10.6 Å². The van der Waals surface area contributed by atoms with Crippen molar-refractivity contribution in [2.75, 3.05) is 0 Å². The Balaban J connectivity index is 1.66. The number of rotatable bonds is 3. The maximum Gasteiger partial charge on any atom is 0.369 e. The van der Waals surface area contributed by atoms with E-state index in [4.69, 9.17) is 9.36 Å². The van der Waals surface area contributed by atoms with Crippen LogP contribution in [0.15, 0.2) is 46.3 Å². The number of carbonyl (C=O) groups excluding carboxylic acids is 3. The van der Waals surface area contributed by atoms with Crippen molar-refractivity contribution in [2.24, 2.45) is 0 Å². The average molecular weight is 354 g/mol. The third-order valence-electron chi connectivity index (χ3n) is 3.75. The van der Waals surface area contributed by atoms with Crippen LogP contribution in [0.1, 0.15) is 36.8 Å². The van der Waals surface area contributed by atoms with Crippen LogP contribution in [0.4, 0.5) is 0 Å². The highest BCUT2D eigenvalue weighted by atomic mass is 32.1. The summed E-state index contributed by atoms with van der Waals surface area (Å²) >= 11 is 1.38. The highest BCUT2D eigenvalue weighted by Crippen LogP contribution is 2.30. The van der Waals surface area contributed by atoms with Crippen molar-refractivity contribution in [1.29, 1.82) is 0 Å². The zero-order valence-electron chi connectivity index (χ0n) is 12.9. The Morgan fingerprint density at radius 2 is 1.80 bits per heavy atom. The Kier molecular flexibility index (Phi) is 3.47. The number of hydrogen-bond acceptors (Lipinski definition) is 7. The second-order valence-corrected chi connectivity index (χ2v) is 6.22. The Labute approximate surface area is 145 Å². The van der Waals surface area contributed by atoms with E-state index in [1.165, 1.54) is 23.5 Å². The molecule has 1 aliphatic heterocycles. The van der Waals surface area contributed by atoms with Crippen LogP contribution in [0.2, 0.25) is 0 Å². The number of imide groups is 1. The average Bonchev–Trinajstić information content (AvgIpc) is 3.31. The fourth-order valence-corrected chi connectivity index (χ4v) is 3.28. The minimum Gasteiger partial charge on any atom is -0.360 e. The fourth-order valence-electron chi connectivity index (χ4n) is 2.57. The van der Waals surface area contributed by atoms with Crippen LogP contribution < -0.4 is 0 Å². The van der Waals surface area contributed by atoms with Gasteiger partial charge in [-0.05, 0) is 30.5 Å². The lowest BCUT2D eigenvalue weighted by Gasteiger charge is -2.12. The first kappa shape index (κ1) is 15.3. The molecule has 0 bridgehead atoms. The van der Waals surface area contributed by atoms with Crippen molar-refractivity contribution in [3.63, 3.8) is 0 Å². The molecule has 2 amide bonds. The Bertz CT molecular complexity index is 971. The van der Waals surface area contributed by atoms with Gasteiger partial charge in [0.2, 0.25) is 0 Å². The molecule has 3 aromatic rings. The summed E-state index contributed by atoms with van der Waals surface area (Å²) in [6.45, 7) is 1.56. The number of nitrogens with zero attached hydrogens (tertiary/aromatic N) is 2. The van der Waals surface area contributed by atoms with Crippen LogP contribution in [-0.2, 0) is 4.84 Å². The molecule has 0 saturated carbocycles. The van der Waals surface area contributed by atoms with E-state index in [2.05, 4.69) is 5.16 Å². The normalized spacial score (nSPS) is 13.2. The molecule has 4 rings (SSSR count). The molecular weight excluding hydrogens is 344 g/mol. The van der Waals surface area contributed by atoms with Gasteiger partial charge < -0.3 is 9.36 Å². The fraction of sp³-hybridized carbons (Fsp3) is 0.0588. The summed E-state index contributed by atoms with van der Waals surface area (Å²) in [5.74, 6) is -2.00. The highest BCUT2D eigenvalue weighted by Gasteiger charge is 2.39. The maximum absolute atomic E-state index is 12.6. The third kappa shape index (κ3) is 2.34. The van der Waals surface area contributed by atoms with E-state index in [0.717, 1.165) is 0 Å². The number of hydrogen-bond donors (Lipinski definition) is 0. The molecule has 8 heteroatoms. The second-order valence-electron chi connectivity index (χ2n) is 5.27. The molecule has 0 saturated heterocycles. The number of aryl methyl sites for hydroxylation is 1. The summed E-state index contributed by atoms with van der Waals surface area (Å²) < 4.78 is 5.09. The topological polar surface area (TPSA) is 89.7 Å². The van der Waals surface area contributed by atoms with E-state index in [1.807, 2.05) is 11.4 Å². The van der Waals surface area contributed by atoms with Gasteiger partial charge in [0.25, 0.3) is 11.8 Å². The number of carbonyl (C=O) groups is 3. The van der Waals surface area contributed by atoms with Crippen molar-refractivity contribution in [1.82, 2.24) is 10.2 Å². The predicted molar refractivity (Wildman–Crippen MR) is 86.9 cm³/mol. The molecule has 0 N–H and O–H groups in total. The molecular formula is C17H10N2O5S. The Morgan fingerprint density at radius 3 is 2.40 bits per heavy atom. The number of hydroxylamine groups is 2. The van der Waals surface area contributed by atoms with Crippen LogP contribution >= 0.6 is 11.3 Å². The lowest BCUT2D eigenvalue weighted by molar-refractivity contribution is -0.0585. The molecule has 0 spiro atoms. The summed E-state index contributed by atoms with van der Waals surface area (Å²) in [4.78, 5) is 43.0. The van der Waals surface area contributed by atoms with Crippen molar-refractivity contribution in [3.05, 3.63) is 64.2 Å². The van der Waals surface area contributed by atoms with E-state index in [1.54, 1.807) is 25.1 Å². The largest absolute Gasteiger partial charge is 0.369 e. The molecule has 124 valence electrons. The molecule has 1 aliphatic rings. The smallest absolute Gasteiger partial charge is 0.360 e. The van der Waals surface area contributed by atoms with Gasteiger partial charge >= 0.3 is 5.97 Å². The van der Waals surface area contributed by atoms with Crippen LogP contribution in [-0.4, -0.2) is 28.0 Å². The molecule has 1 aromatic carbocycles. The second kappa shape index (κ2) is 5.67. The van der Waals surface area contributed by atoms with Gasteiger partial charge in [0.15, 0.2) is 0 Å². The minimum atomic E-state index is -0.878. The lowest BCUT2D eigenvalue weighted by atomic mass is 10.1. The number of benzene rings is 1. The van der Waals surface area contributed by atoms with E-state index in [0.29, 0.717) is 15.6 Å². The van der Waals surface area contributed by atoms with Gasteiger partial charge in [0, 0.05) is 0 Å². The van der Waals surface area contributed by atoms with E-state index in [9.17, 15) is 14.4 Å². The van der Waals surface area contributed by atoms with Crippen molar-refractivity contribution >= 4 is 29.1 Å². The maximum atomic E-state index is 12.6. The third-order valence-corrected chi connectivity index (χ3v) is 4.63. The summed E-state index contributed by atoms with van der Waals surface area (Å²) in [7, 11) is 0. The molecule has 7 nitrogen and oxygen atoms in total. The molecule has 2 aromatic heterocycles. The summed E-state index contributed by atoms with van der Waals surface area (Å²) in [6.07, 6.45) is 0. The zero-order chi connectivity index (χ0) is 17.6. The molecule has 3 heterocycles. The standard InChI is InChI=1S/C17H10N2O5S/c1-9-13(14(18-23-9)12-7-4-8-25-12)17(22)24-19-15(20)10-5-2-3-6-11(10)16(19)21/h2-8H,1H3. The molecule has 25 heavy (non-hydrogen) atoms. The van der Waals surface area contributed by atoms with E-state index < -0.39 is 17.8 Å². The predicted octanol–water partition coefficient (Wildman–Crippen LogP) is 3.08. The summed E-state index contributed by atoms with van der Waals surface area (Å²) in [6, 6.07) is 9.86. The number of thiophene rings is 1. The van der Waals surface area contributed by atoms with Crippen LogP contribution in [0.3, 0.4) is 0 Å². The van der Waals surface area contributed by atoms with Crippen molar-refractivity contribution < 1.29 is 23.7 Å². The molecule has 0 aliphatic carbocycles. The van der Waals surface area contributed by atoms with Gasteiger partial charge in [-0.25, -0.2) is 4.79 Å². The van der Waals surface area contributed by atoms with E-state index in [-0.39, 0.29) is 22.5 Å². The number of amides is 2. The van der Waals surface area contributed by atoms with Gasteiger partial charge in [0.05, 0.1) is 16.0 Å². The minimum absolute atomic E-state index is 0.0824. The van der Waals surface area contributed by atoms with Gasteiger partial charge in [0.1, 0.15) is 17.0 Å². The molecule has 0 fully saturated rings. The number of fused-ring (bicyclic) bond motifs is 1. The molecule has 0 radical (unpaired) electrons. The first-order chi connectivity index (χ1) is 12.1. The zero-order valence-corrected chi connectivity index (χ0v) is 13.7. The van der Waals surface area contributed by atoms with Gasteiger partial charge in [-0.15, -0.1) is 11.3 Å². The summed E-state index contributed by atoms with van der Waals surface area (Å²) in [5, 5.41) is 6.18. The Morgan fingerprint density at radius 1 is 1.12 bits per heavy atom. The van der Waals surface area contributed by atoms with Gasteiger partial charge in [-0.1, -0.05) is 28.4 Å². The van der Waals surface area contributed by atoms with Crippen molar-refractivity contribution in [3.8, 4) is 10.6 Å². The van der Waals surface area contributed by atoms with Gasteiger partial charge in [-0.3, -0.25) is 9.59 Å². The van der Waals surface area contributed by atoms with Gasteiger partial charge in [-0.2, -0.15) is 0 Å². The monoisotopic (exact) mass is 354 g/mol. The van der Waals surface area contributed by atoms with Crippen molar-refractivity contribution in [2.45, 2.75) is 6.92 Å². The lowest BCUT2D eigenvalue weighted by Crippen LogP contribution is -2.32. The quantitative estimate of drug-likeness (QED) is 0.672. The summed E-state index contributed by atoms with van der Waals surface area (Å²) in [5.41, 5.74) is 0.787. The SMILES string of the molecule is Cc1onc(-c2cccs2)c1C(=O)ON1C(=O)c2ccccc2C1=O. The first-order valence-corrected chi connectivity index (χ1v) is 8.16. The molecule has 0 atom stereocenters.